The molecule has 0 heterocycles. The largest absolute Gasteiger partial charge is 0.508 e. The van der Waals surface area contributed by atoms with E-state index in [9.17, 15) is 14.7 Å². The van der Waals surface area contributed by atoms with E-state index in [1.54, 1.807) is 12.1 Å². The molecule has 3 rings (SSSR count). The van der Waals surface area contributed by atoms with E-state index in [-0.39, 0.29) is 30.5 Å². The molecule has 0 aliphatic rings. The fraction of sp³-hybridized carbons (Fsp3) is 0.100. The van der Waals surface area contributed by atoms with Crippen LogP contribution in [-0.4, -0.2) is 23.5 Å². The number of fused-ring (bicyclic) bond motifs is 1. The van der Waals surface area contributed by atoms with Gasteiger partial charge in [-0.3, -0.25) is 9.59 Å². The van der Waals surface area contributed by atoms with Crippen molar-refractivity contribution in [2.75, 3.05) is 11.9 Å². The summed E-state index contributed by atoms with van der Waals surface area (Å²) < 4.78 is 0. The Kier molecular flexibility index (Phi) is 4.95. The monoisotopic (exact) mass is 334 g/mol. The minimum absolute atomic E-state index is 0.0971. The van der Waals surface area contributed by atoms with Gasteiger partial charge in [-0.2, -0.15) is 0 Å². The average molecular weight is 334 g/mol. The van der Waals surface area contributed by atoms with Crippen LogP contribution >= 0.6 is 0 Å². The topological polar surface area (TPSA) is 78.4 Å². The van der Waals surface area contributed by atoms with Gasteiger partial charge in [0.1, 0.15) is 5.75 Å². The summed E-state index contributed by atoms with van der Waals surface area (Å²) in [6.45, 7) is -0.0971. The van der Waals surface area contributed by atoms with Crippen LogP contribution in [0.15, 0.2) is 66.7 Å². The number of carbonyl (C=O) groups is 2. The Hall–Kier alpha value is -3.34. The zero-order valence-corrected chi connectivity index (χ0v) is 13.5. The first kappa shape index (κ1) is 16.5. The van der Waals surface area contributed by atoms with Crippen LogP contribution in [-0.2, 0) is 16.0 Å². The zero-order chi connectivity index (χ0) is 17.6. The number of hydrogen-bond acceptors (Lipinski definition) is 3. The molecule has 25 heavy (non-hydrogen) atoms. The van der Waals surface area contributed by atoms with Gasteiger partial charge in [0.05, 0.1) is 13.0 Å². The summed E-state index contributed by atoms with van der Waals surface area (Å²) in [4.78, 5) is 24.0. The molecule has 0 radical (unpaired) electrons. The molecule has 3 aromatic rings. The van der Waals surface area contributed by atoms with E-state index < -0.39 is 0 Å². The standard InChI is InChI=1S/C20H18N2O3/c23-16-10-8-14(9-11-16)12-19(24)21-13-20(25)22-18-7-3-5-15-4-1-2-6-17(15)18/h1-11,23H,12-13H2,(H,21,24)(H,22,25). The molecule has 0 saturated heterocycles. The number of amides is 2. The summed E-state index contributed by atoms with van der Waals surface area (Å²) in [7, 11) is 0. The number of anilines is 1. The molecule has 0 aliphatic heterocycles. The molecular weight excluding hydrogens is 316 g/mol. The van der Waals surface area contributed by atoms with Crippen LogP contribution in [0.2, 0.25) is 0 Å². The second kappa shape index (κ2) is 7.49. The maximum absolute atomic E-state index is 12.1. The van der Waals surface area contributed by atoms with Gasteiger partial charge in [0.2, 0.25) is 11.8 Å². The first-order valence-electron chi connectivity index (χ1n) is 7.94. The Morgan fingerprint density at radius 3 is 2.36 bits per heavy atom. The highest BCUT2D eigenvalue weighted by Gasteiger charge is 2.08. The van der Waals surface area contributed by atoms with Gasteiger partial charge in [0.25, 0.3) is 0 Å². The fourth-order valence-electron chi connectivity index (χ4n) is 2.57. The van der Waals surface area contributed by atoms with E-state index in [2.05, 4.69) is 10.6 Å². The molecule has 0 aliphatic carbocycles. The molecule has 0 bridgehead atoms. The Bertz CT molecular complexity index is 899. The second-order valence-corrected chi connectivity index (χ2v) is 5.69. The van der Waals surface area contributed by atoms with Crippen molar-refractivity contribution in [1.29, 1.82) is 0 Å². The van der Waals surface area contributed by atoms with Crippen LogP contribution in [0, 0.1) is 0 Å². The molecule has 5 heteroatoms. The van der Waals surface area contributed by atoms with Gasteiger partial charge in [-0.15, -0.1) is 0 Å². The Labute approximate surface area is 145 Å². The average Bonchev–Trinajstić information content (AvgIpc) is 2.62. The molecule has 5 nitrogen and oxygen atoms in total. The van der Waals surface area contributed by atoms with Crippen molar-refractivity contribution >= 4 is 28.3 Å². The highest BCUT2D eigenvalue weighted by molar-refractivity contribution is 6.03. The van der Waals surface area contributed by atoms with Crippen LogP contribution in [0.1, 0.15) is 5.56 Å². The number of phenols is 1. The van der Waals surface area contributed by atoms with Crippen molar-refractivity contribution < 1.29 is 14.7 Å². The fourth-order valence-corrected chi connectivity index (χ4v) is 2.57. The number of aromatic hydroxyl groups is 1. The van der Waals surface area contributed by atoms with Crippen LogP contribution in [0.5, 0.6) is 5.75 Å². The number of benzene rings is 3. The SMILES string of the molecule is O=C(Cc1ccc(O)cc1)NCC(=O)Nc1cccc2ccccc12. The summed E-state index contributed by atoms with van der Waals surface area (Å²) >= 11 is 0. The normalized spacial score (nSPS) is 10.4. The van der Waals surface area contributed by atoms with E-state index in [1.165, 1.54) is 12.1 Å². The van der Waals surface area contributed by atoms with E-state index in [1.807, 2.05) is 42.5 Å². The lowest BCUT2D eigenvalue weighted by Gasteiger charge is -2.09. The van der Waals surface area contributed by atoms with Crippen molar-refractivity contribution in [2.45, 2.75) is 6.42 Å². The lowest BCUT2D eigenvalue weighted by molar-refractivity contribution is -0.123. The molecule has 3 aromatic carbocycles. The van der Waals surface area contributed by atoms with Gasteiger partial charge in [-0.1, -0.05) is 48.5 Å². The smallest absolute Gasteiger partial charge is 0.243 e. The van der Waals surface area contributed by atoms with E-state index in [4.69, 9.17) is 0 Å². The summed E-state index contributed by atoms with van der Waals surface area (Å²) in [6, 6.07) is 19.8. The van der Waals surface area contributed by atoms with Crippen molar-refractivity contribution in [3.63, 3.8) is 0 Å². The first-order valence-corrected chi connectivity index (χ1v) is 7.94. The molecule has 2 amide bonds. The highest BCUT2D eigenvalue weighted by Crippen LogP contribution is 2.22. The first-order chi connectivity index (χ1) is 12.1. The lowest BCUT2D eigenvalue weighted by Crippen LogP contribution is -2.33. The van der Waals surface area contributed by atoms with Crippen LogP contribution < -0.4 is 10.6 Å². The molecule has 0 atom stereocenters. The third kappa shape index (κ3) is 4.35. The minimum Gasteiger partial charge on any atom is -0.508 e. The van der Waals surface area contributed by atoms with Crippen molar-refractivity contribution in [3.8, 4) is 5.75 Å². The zero-order valence-electron chi connectivity index (χ0n) is 13.5. The lowest BCUT2D eigenvalue weighted by atomic mass is 10.1. The number of phenolic OH excluding ortho intramolecular Hbond substituents is 1. The molecule has 0 unspecified atom stereocenters. The van der Waals surface area contributed by atoms with Crippen molar-refractivity contribution in [3.05, 3.63) is 72.3 Å². The predicted molar refractivity (Wildman–Crippen MR) is 97.4 cm³/mol. The van der Waals surface area contributed by atoms with Crippen molar-refractivity contribution in [1.82, 2.24) is 5.32 Å². The number of rotatable bonds is 5. The summed E-state index contributed by atoms with van der Waals surface area (Å²) in [5.74, 6) is -0.382. The van der Waals surface area contributed by atoms with Crippen LogP contribution in [0.4, 0.5) is 5.69 Å². The number of nitrogens with one attached hydrogen (secondary N) is 2. The van der Waals surface area contributed by atoms with Gasteiger partial charge in [-0.25, -0.2) is 0 Å². The molecule has 0 fully saturated rings. The van der Waals surface area contributed by atoms with Gasteiger partial charge >= 0.3 is 0 Å². The third-order valence-electron chi connectivity index (χ3n) is 3.81. The van der Waals surface area contributed by atoms with E-state index >= 15 is 0 Å². The Balaban J connectivity index is 1.55. The predicted octanol–water partition coefficient (Wildman–Crippen LogP) is 2.84. The van der Waals surface area contributed by atoms with Crippen molar-refractivity contribution in [2.24, 2.45) is 0 Å². The van der Waals surface area contributed by atoms with E-state index in [0.29, 0.717) is 0 Å². The maximum Gasteiger partial charge on any atom is 0.243 e. The quantitative estimate of drug-likeness (QED) is 0.671. The maximum atomic E-state index is 12.1. The van der Waals surface area contributed by atoms with Crippen LogP contribution in [0.25, 0.3) is 10.8 Å². The summed E-state index contributed by atoms with van der Waals surface area (Å²) in [6.07, 6.45) is 0.155. The van der Waals surface area contributed by atoms with Gasteiger partial charge < -0.3 is 15.7 Å². The van der Waals surface area contributed by atoms with E-state index in [0.717, 1.165) is 22.0 Å². The molecule has 0 saturated carbocycles. The Morgan fingerprint density at radius 1 is 0.840 bits per heavy atom. The second-order valence-electron chi connectivity index (χ2n) is 5.69. The third-order valence-corrected chi connectivity index (χ3v) is 3.81. The minimum atomic E-state index is -0.282. The van der Waals surface area contributed by atoms with Crippen LogP contribution in [0.3, 0.4) is 0 Å². The Morgan fingerprint density at radius 2 is 1.56 bits per heavy atom. The molecular formula is C20H18N2O3. The number of carbonyl (C=O) groups excluding carboxylic acids is 2. The molecule has 126 valence electrons. The van der Waals surface area contributed by atoms with Gasteiger partial charge in [0.15, 0.2) is 0 Å². The molecule has 3 N–H and O–H groups in total. The highest BCUT2D eigenvalue weighted by atomic mass is 16.3. The van der Waals surface area contributed by atoms with Gasteiger partial charge in [-0.05, 0) is 29.1 Å². The molecule has 0 spiro atoms. The summed E-state index contributed by atoms with van der Waals surface area (Å²) in [5.41, 5.74) is 1.49. The molecule has 0 aromatic heterocycles. The summed E-state index contributed by atoms with van der Waals surface area (Å²) in [5, 5.41) is 16.6. The van der Waals surface area contributed by atoms with Gasteiger partial charge in [0, 0.05) is 11.1 Å². The number of hydrogen-bond donors (Lipinski definition) is 3.